The monoisotopic (exact) mass is 706 g/mol. The van der Waals surface area contributed by atoms with Crippen molar-refractivity contribution >= 4 is 7.85 Å². The highest BCUT2D eigenvalue weighted by atomic mass is 16.3. The third kappa shape index (κ3) is 7.13. The van der Waals surface area contributed by atoms with E-state index in [4.69, 9.17) is 7.85 Å². The maximum atomic E-state index is 13.1. The minimum absolute atomic E-state index is 0.221. The largest absolute Gasteiger partial charge is 0.389 e. The molecule has 0 aliphatic heterocycles. The highest BCUT2D eigenvalue weighted by Crippen LogP contribution is 2.65. The lowest BCUT2D eigenvalue weighted by Gasteiger charge is -2.51. The molecule has 9 aliphatic carbocycles. The van der Waals surface area contributed by atoms with Gasteiger partial charge in [0.25, 0.3) is 0 Å². The molecule has 0 spiro atoms. The molecule has 6 fully saturated rings. The molecule has 0 aromatic carbocycles. The SMILES string of the molecule is [B]C1CCCCC1C1(O)C2CCCCC2C2CCC(C3CCC(N(C4=CCC(C5=CCCCC5)CC4)C4CC=C(C5CCCCC5)CC4)CC3)CC21. The molecule has 6 saturated carbocycles. The highest BCUT2D eigenvalue weighted by Gasteiger charge is 2.64. The average molecular weight is 706 g/mol. The van der Waals surface area contributed by atoms with Crippen LogP contribution in [0.5, 0.6) is 0 Å². The van der Waals surface area contributed by atoms with Crippen molar-refractivity contribution in [2.45, 2.75) is 216 Å². The maximum Gasteiger partial charge on any atom is 0.0732 e. The topological polar surface area (TPSA) is 23.5 Å². The van der Waals surface area contributed by atoms with Crippen molar-refractivity contribution in [2.24, 2.45) is 53.3 Å². The fourth-order valence-corrected chi connectivity index (χ4v) is 15.7. The molecule has 0 saturated heterocycles. The van der Waals surface area contributed by atoms with E-state index in [1.165, 1.54) is 186 Å². The van der Waals surface area contributed by atoms with Gasteiger partial charge < -0.3 is 10.0 Å². The second kappa shape index (κ2) is 16.3. The van der Waals surface area contributed by atoms with E-state index in [1.54, 1.807) is 11.3 Å². The Morgan fingerprint density at radius 2 is 1.25 bits per heavy atom. The first-order valence-corrected chi connectivity index (χ1v) is 23.9. The van der Waals surface area contributed by atoms with Crippen LogP contribution in [-0.4, -0.2) is 35.5 Å². The summed E-state index contributed by atoms with van der Waals surface area (Å²) < 4.78 is 0. The van der Waals surface area contributed by atoms with Gasteiger partial charge in [-0.25, -0.2) is 0 Å². The molecule has 9 aliphatic rings. The standard InChI is InChI=1S/C49H76BNO/c50-48-18-10-9-17-46(48)49(52)45-16-8-7-15-43(45)44-32-25-39(33-47(44)49)38-23-30-42(31-24-38)51(40-26-19-36(20-27-40)34-11-3-1-4-12-34)41-28-21-37(22-29-41)35-13-5-2-6-14-35/h11,21,26,35-36,38-39,41-48,52H,1-10,12-20,22-25,27-33H2. The molecule has 0 aromatic heterocycles. The van der Waals surface area contributed by atoms with Gasteiger partial charge in [-0.15, -0.1) is 0 Å². The molecule has 9 rings (SSSR count). The molecule has 0 heterocycles. The number of hydrogen-bond acceptors (Lipinski definition) is 2. The molecule has 0 amide bonds. The van der Waals surface area contributed by atoms with Crippen LogP contribution >= 0.6 is 0 Å². The van der Waals surface area contributed by atoms with Gasteiger partial charge in [0.15, 0.2) is 0 Å². The van der Waals surface area contributed by atoms with E-state index >= 15 is 0 Å². The summed E-state index contributed by atoms with van der Waals surface area (Å²) in [5, 5.41) is 13.1. The van der Waals surface area contributed by atoms with Gasteiger partial charge in [0.2, 0.25) is 0 Å². The number of allylic oxidation sites excluding steroid dienone is 5. The van der Waals surface area contributed by atoms with Crippen molar-refractivity contribution in [1.29, 1.82) is 0 Å². The summed E-state index contributed by atoms with van der Waals surface area (Å²) in [5.74, 6) is 6.62. The molecule has 10 atom stereocenters. The van der Waals surface area contributed by atoms with Gasteiger partial charge in [-0.3, -0.25) is 0 Å². The zero-order valence-corrected chi connectivity index (χ0v) is 33.3. The molecule has 0 bridgehead atoms. The van der Waals surface area contributed by atoms with Gasteiger partial charge in [0.05, 0.1) is 13.4 Å². The minimum atomic E-state index is -0.480. The Balaban J connectivity index is 0.893. The van der Waals surface area contributed by atoms with Crippen molar-refractivity contribution in [3.05, 3.63) is 35.1 Å². The summed E-state index contributed by atoms with van der Waals surface area (Å²) in [4.78, 5) is 3.09. The molecule has 3 heteroatoms. The molecule has 52 heavy (non-hydrogen) atoms. The van der Waals surface area contributed by atoms with Crippen LogP contribution in [0.4, 0.5) is 0 Å². The Morgan fingerprint density at radius 3 is 1.98 bits per heavy atom. The number of nitrogens with zero attached hydrogens (tertiary/aromatic N) is 1. The third-order valence-electron chi connectivity index (χ3n) is 18.2. The third-order valence-corrected chi connectivity index (χ3v) is 18.2. The second-order valence-electron chi connectivity index (χ2n) is 20.6. The van der Waals surface area contributed by atoms with Crippen LogP contribution < -0.4 is 0 Å². The summed E-state index contributed by atoms with van der Waals surface area (Å²) in [6, 6.07) is 1.46. The summed E-state index contributed by atoms with van der Waals surface area (Å²) in [5.41, 5.74) is 4.92. The molecule has 10 unspecified atom stereocenters. The van der Waals surface area contributed by atoms with Gasteiger partial charge in [-0.05, 0) is 195 Å². The summed E-state index contributed by atoms with van der Waals surface area (Å²) in [6.07, 6.45) is 49.1. The molecule has 2 nitrogen and oxygen atoms in total. The first-order chi connectivity index (χ1) is 25.6. The van der Waals surface area contributed by atoms with E-state index in [0.29, 0.717) is 17.8 Å². The lowest BCUT2D eigenvalue weighted by atomic mass is 9.55. The molecule has 0 aromatic rings. The van der Waals surface area contributed by atoms with Crippen molar-refractivity contribution in [1.82, 2.24) is 4.90 Å². The van der Waals surface area contributed by atoms with E-state index in [0.717, 1.165) is 54.0 Å². The Labute approximate surface area is 321 Å². The van der Waals surface area contributed by atoms with Gasteiger partial charge in [0, 0.05) is 17.8 Å². The summed E-state index contributed by atoms with van der Waals surface area (Å²) in [6.45, 7) is 0. The highest BCUT2D eigenvalue weighted by molar-refractivity contribution is 6.12. The first-order valence-electron chi connectivity index (χ1n) is 23.9. The van der Waals surface area contributed by atoms with Crippen molar-refractivity contribution in [2.75, 3.05) is 0 Å². The Hall–Kier alpha value is -0.955. The minimum Gasteiger partial charge on any atom is -0.389 e. The van der Waals surface area contributed by atoms with Crippen molar-refractivity contribution < 1.29 is 5.11 Å². The Kier molecular flexibility index (Phi) is 11.5. The lowest BCUT2D eigenvalue weighted by molar-refractivity contribution is -0.120. The number of hydrogen-bond donors (Lipinski definition) is 1. The molecule has 1 N–H and O–H groups in total. The van der Waals surface area contributed by atoms with Gasteiger partial charge in [0.1, 0.15) is 0 Å². The van der Waals surface area contributed by atoms with Gasteiger partial charge in [-0.2, -0.15) is 0 Å². The predicted octanol–water partition coefficient (Wildman–Crippen LogP) is 12.8. The predicted molar refractivity (Wildman–Crippen MR) is 218 cm³/mol. The Bertz CT molecular complexity index is 1300. The van der Waals surface area contributed by atoms with Crippen molar-refractivity contribution in [3.8, 4) is 0 Å². The molecular formula is C49H76BNO. The van der Waals surface area contributed by atoms with E-state index in [9.17, 15) is 5.11 Å². The van der Waals surface area contributed by atoms with Gasteiger partial charge >= 0.3 is 0 Å². The summed E-state index contributed by atoms with van der Waals surface area (Å²) in [7, 11) is 6.95. The van der Waals surface area contributed by atoms with Crippen LogP contribution in [0.25, 0.3) is 0 Å². The van der Waals surface area contributed by atoms with Crippen LogP contribution in [0.1, 0.15) is 193 Å². The summed E-state index contributed by atoms with van der Waals surface area (Å²) >= 11 is 0. The smallest absolute Gasteiger partial charge is 0.0732 e. The van der Waals surface area contributed by atoms with E-state index in [1.807, 2.05) is 5.57 Å². The lowest BCUT2D eigenvalue weighted by Crippen LogP contribution is -2.52. The van der Waals surface area contributed by atoms with Crippen LogP contribution in [0.3, 0.4) is 0 Å². The maximum absolute atomic E-state index is 13.1. The molecule has 2 radical (unpaired) electrons. The van der Waals surface area contributed by atoms with Crippen LogP contribution in [-0.2, 0) is 0 Å². The zero-order valence-electron chi connectivity index (χ0n) is 33.3. The molecular weight excluding hydrogens is 629 g/mol. The quantitative estimate of drug-likeness (QED) is 0.211. The second-order valence-corrected chi connectivity index (χ2v) is 20.6. The number of aliphatic hydroxyl groups is 1. The number of rotatable bonds is 7. The van der Waals surface area contributed by atoms with E-state index in [-0.39, 0.29) is 5.82 Å². The van der Waals surface area contributed by atoms with Crippen LogP contribution in [0.15, 0.2) is 35.1 Å². The Morgan fingerprint density at radius 1 is 0.519 bits per heavy atom. The normalized spacial score (nSPS) is 44.9. The fraction of sp³-hybridized carbons (Fsp3) is 0.878. The van der Waals surface area contributed by atoms with Gasteiger partial charge in [-0.1, -0.05) is 86.6 Å². The first kappa shape index (κ1) is 36.7. The van der Waals surface area contributed by atoms with E-state index in [2.05, 4.69) is 23.1 Å². The van der Waals surface area contributed by atoms with E-state index < -0.39 is 5.60 Å². The van der Waals surface area contributed by atoms with Crippen LogP contribution in [0, 0.1) is 53.3 Å². The molecule has 286 valence electrons. The van der Waals surface area contributed by atoms with Crippen molar-refractivity contribution in [3.63, 3.8) is 0 Å². The number of fused-ring (bicyclic) bond motifs is 3. The zero-order chi connectivity index (χ0) is 35.1. The fourth-order valence-electron chi connectivity index (χ4n) is 15.7. The average Bonchev–Trinajstić information content (AvgIpc) is 3.47. The van der Waals surface area contributed by atoms with Crippen LogP contribution in [0.2, 0.25) is 5.82 Å².